The van der Waals surface area contributed by atoms with Gasteiger partial charge in [-0.3, -0.25) is 0 Å². The molecule has 0 bridgehead atoms. The number of rotatable bonds is 5. The van der Waals surface area contributed by atoms with Gasteiger partial charge in [0.2, 0.25) is 0 Å². The molecular formula is C16H15BrN2O. The maximum absolute atomic E-state index is 8.46. The zero-order valence-corrected chi connectivity index (χ0v) is 12.7. The Morgan fingerprint density at radius 1 is 1.15 bits per heavy atom. The molecule has 0 amide bonds. The third kappa shape index (κ3) is 4.01. The van der Waals surface area contributed by atoms with E-state index in [1.165, 1.54) is 5.56 Å². The molecule has 0 aliphatic rings. The summed E-state index contributed by atoms with van der Waals surface area (Å²) in [6, 6.07) is 18.0. The van der Waals surface area contributed by atoms with Gasteiger partial charge < -0.3 is 10.1 Å². The number of halogens is 1. The summed E-state index contributed by atoms with van der Waals surface area (Å²) in [5, 5.41) is 11.9. The Balaban J connectivity index is 1.99. The topological polar surface area (TPSA) is 45.0 Å². The van der Waals surface area contributed by atoms with Crippen molar-refractivity contribution in [1.82, 2.24) is 0 Å². The predicted octanol–water partition coefficient (Wildman–Crippen LogP) is 4.52. The summed E-state index contributed by atoms with van der Waals surface area (Å²) in [6.45, 7) is 2.19. The van der Waals surface area contributed by atoms with E-state index in [0.717, 1.165) is 10.2 Å². The SMILES string of the molecule is CC(Nc1ccc(OCC#N)cc1)c1ccc(Br)cc1. The zero-order valence-electron chi connectivity index (χ0n) is 11.1. The van der Waals surface area contributed by atoms with Crippen molar-refractivity contribution in [3.63, 3.8) is 0 Å². The molecule has 2 aromatic rings. The number of nitrogens with zero attached hydrogens (tertiary/aromatic N) is 1. The third-order valence-corrected chi connectivity index (χ3v) is 3.44. The van der Waals surface area contributed by atoms with E-state index in [2.05, 4.69) is 40.3 Å². The Hall–Kier alpha value is -1.99. The van der Waals surface area contributed by atoms with Crippen LogP contribution in [0.15, 0.2) is 53.0 Å². The molecule has 3 nitrogen and oxygen atoms in total. The van der Waals surface area contributed by atoms with Crippen LogP contribution in [0.25, 0.3) is 0 Å². The molecule has 20 heavy (non-hydrogen) atoms. The number of hydrogen-bond donors (Lipinski definition) is 1. The van der Waals surface area contributed by atoms with Crippen molar-refractivity contribution in [1.29, 1.82) is 5.26 Å². The van der Waals surface area contributed by atoms with Gasteiger partial charge >= 0.3 is 0 Å². The van der Waals surface area contributed by atoms with E-state index in [1.807, 2.05) is 42.5 Å². The Bertz CT molecular complexity index is 587. The molecule has 1 N–H and O–H groups in total. The van der Waals surface area contributed by atoms with Crippen LogP contribution in [-0.2, 0) is 0 Å². The van der Waals surface area contributed by atoms with Crippen LogP contribution in [-0.4, -0.2) is 6.61 Å². The maximum Gasteiger partial charge on any atom is 0.174 e. The summed E-state index contributed by atoms with van der Waals surface area (Å²) in [5.41, 5.74) is 2.24. The lowest BCUT2D eigenvalue weighted by molar-refractivity contribution is 0.368. The number of nitriles is 1. The first kappa shape index (κ1) is 14.4. The van der Waals surface area contributed by atoms with E-state index in [1.54, 1.807) is 0 Å². The molecule has 1 atom stereocenters. The van der Waals surface area contributed by atoms with Crippen LogP contribution in [0.5, 0.6) is 5.75 Å². The van der Waals surface area contributed by atoms with Gasteiger partial charge in [0.25, 0.3) is 0 Å². The summed E-state index contributed by atoms with van der Waals surface area (Å²) in [5.74, 6) is 0.702. The second kappa shape index (κ2) is 6.97. The quantitative estimate of drug-likeness (QED) is 0.876. The molecule has 0 saturated carbocycles. The van der Waals surface area contributed by atoms with Crippen molar-refractivity contribution in [2.75, 3.05) is 11.9 Å². The van der Waals surface area contributed by atoms with Gasteiger partial charge in [-0.2, -0.15) is 5.26 Å². The summed E-state index contributed by atoms with van der Waals surface area (Å²) in [4.78, 5) is 0. The minimum absolute atomic E-state index is 0.0715. The lowest BCUT2D eigenvalue weighted by Gasteiger charge is -2.16. The number of hydrogen-bond acceptors (Lipinski definition) is 3. The number of ether oxygens (including phenoxy) is 1. The molecule has 0 aliphatic heterocycles. The Morgan fingerprint density at radius 2 is 1.80 bits per heavy atom. The molecule has 0 fully saturated rings. The lowest BCUT2D eigenvalue weighted by atomic mass is 10.1. The fourth-order valence-electron chi connectivity index (χ4n) is 1.85. The largest absolute Gasteiger partial charge is 0.479 e. The molecule has 4 heteroatoms. The van der Waals surface area contributed by atoms with Gasteiger partial charge in [0.15, 0.2) is 6.61 Å². The fourth-order valence-corrected chi connectivity index (χ4v) is 2.11. The van der Waals surface area contributed by atoms with Crippen molar-refractivity contribution in [2.45, 2.75) is 13.0 Å². The monoisotopic (exact) mass is 330 g/mol. The molecule has 1 unspecified atom stereocenters. The average Bonchev–Trinajstić information content (AvgIpc) is 2.47. The lowest BCUT2D eigenvalue weighted by Crippen LogP contribution is -2.06. The second-order valence-electron chi connectivity index (χ2n) is 4.39. The zero-order chi connectivity index (χ0) is 14.4. The Morgan fingerprint density at radius 3 is 2.40 bits per heavy atom. The minimum atomic E-state index is 0.0715. The molecule has 102 valence electrons. The van der Waals surface area contributed by atoms with Gasteiger partial charge in [-0.05, 0) is 48.9 Å². The van der Waals surface area contributed by atoms with Crippen molar-refractivity contribution >= 4 is 21.6 Å². The van der Waals surface area contributed by atoms with Gasteiger partial charge in [-0.1, -0.05) is 28.1 Å². The maximum atomic E-state index is 8.46. The smallest absolute Gasteiger partial charge is 0.174 e. The third-order valence-electron chi connectivity index (χ3n) is 2.91. The highest BCUT2D eigenvalue weighted by Crippen LogP contribution is 2.22. The van der Waals surface area contributed by atoms with Crippen molar-refractivity contribution in [3.05, 3.63) is 58.6 Å². The first-order valence-electron chi connectivity index (χ1n) is 6.31. The molecule has 0 aromatic heterocycles. The van der Waals surface area contributed by atoms with E-state index in [0.29, 0.717) is 5.75 Å². The molecule has 0 heterocycles. The number of nitrogens with one attached hydrogen (secondary N) is 1. The van der Waals surface area contributed by atoms with Crippen LogP contribution in [0.4, 0.5) is 5.69 Å². The van der Waals surface area contributed by atoms with Crippen LogP contribution in [0.1, 0.15) is 18.5 Å². The van der Waals surface area contributed by atoms with Gasteiger partial charge in [-0.25, -0.2) is 0 Å². The molecule has 0 aliphatic carbocycles. The number of anilines is 1. The molecule has 0 radical (unpaired) electrons. The average molecular weight is 331 g/mol. The van der Waals surface area contributed by atoms with Crippen LogP contribution >= 0.6 is 15.9 Å². The number of benzene rings is 2. The van der Waals surface area contributed by atoms with Gasteiger partial charge in [0.05, 0.1) is 0 Å². The van der Waals surface area contributed by atoms with Gasteiger partial charge in [-0.15, -0.1) is 0 Å². The summed E-state index contributed by atoms with van der Waals surface area (Å²) >= 11 is 3.43. The Kier molecular flexibility index (Phi) is 5.03. The van der Waals surface area contributed by atoms with Crippen molar-refractivity contribution in [3.8, 4) is 11.8 Å². The molecule has 2 aromatic carbocycles. The van der Waals surface area contributed by atoms with Crippen molar-refractivity contribution in [2.24, 2.45) is 0 Å². The van der Waals surface area contributed by atoms with Crippen LogP contribution < -0.4 is 10.1 Å². The van der Waals surface area contributed by atoms with Crippen LogP contribution in [0.2, 0.25) is 0 Å². The highest BCUT2D eigenvalue weighted by atomic mass is 79.9. The van der Waals surface area contributed by atoms with Crippen LogP contribution in [0, 0.1) is 11.3 Å². The van der Waals surface area contributed by atoms with Gasteiger partial charge in [0, 0.05) is 16.2 Å². The van der Waals surface area contributed by atoms with E-state index in [9.17, 15) is 0 Å². The summed E-state index contributed by atoms with van der Waals surface area (Å²) in [6.07, 6.45) is 0. The van der Waals surface area contributed by atoms with Crippen molar-refractivity contribution < 1.29 is 4.74 Å². The minimum Gasteiger partial charge on any atom is -0.479 e. The normalized spacial score (nSPS) is 11.4. The second-order valence-corrected chi connectivity index (χ2v) is 5.30. The van der Waals surface area contributed by atoms with Gasteiger partial charge in [0.1, 0.15) is 11.8 Å². The summed E-state index contributed by atoms with van der Waals surface area (Å²) < 4.78 is 6.30. The molecule has 2 rings (SSSR count). The fraction of sp³-hybridized carbons (Fsp3) is 0.188. The van der Waals surface area contributed by atoms with E-state index in [4.69, 9.17) is 10.00 Å². The predicted molar refractivity (Wildman–Crippen MR) is 83.7 cm³/mol. The van der Waals surface area contributed by atoms with Crippen LogP contribution in [0.3, 0.4) is 0 Å². The first-order valence-corrected chi connectivity index (χ1v) is 7.10. The first-order chi connectivity index (χ1) is 9.69. The highest BCUT2D eigenvalue weighted by molar-refractivity contribution is 9.10. The highest BCUT2D eigenvalue weighted by Gasteiger charge is 2.05. The summed E-state index contributed by atoms with van der Waals surface area (Å²) in [7, 11) is 0. The standard InChI is InChI=1S/C16H15BrN2O/c1-12(13-2-4-14(17)5-3-13)19-15-6-8-16(9-7-15)20-11-10-18/h2-9,12,19H,11H2,1H3. The molecule has 0 saturated heterocycles. The van der Waals surface area contributed by atoms with E-state index < -0.39 is 0 Å². The van der Waals surface area contributed by atoms with E-state index in [-0.39, 0.29) is 12.6 Å². The molecular weight excluding hydrogens is 316 g/mol. The van der Waals surface area contributed by atoms with E-state index >= 15 is 0 Å². The Labute approximate surface area is 127 Å². The molecule has 0 spiro atoms.